The molecule has 1 aliphatic rings. The lowest BCUT2D eigenvalue weighted by Crippen LogP contribution is -2.45. The van der Waals surface area contributed by atoms with E-state index in [9.17, 15) is 9.59 Å². The summed E-state index contributed by atoms with van der Waals surface area (Å²) >= 11 is 0. The number of amides is 1. The third-order valence-electron chi connectivity index (χ3n) is 2.14. The van der Waals surface area contributed by atoms with Gasteiger partial charge in [0.25, 0.3) is 0 Å². The van der Waals surface area contributed by atoms with Crippen LogP contribution in [0.3, 0.4) is 0 Å². The van der Waals surface area contributed by atoms with Crippen LogP contribution in [0, 0.1) is 0 Å². The summed E-state index contributed by atoms with van der Waals surface area (Å²) in [6.45, 7) is 1.18. The summed E-state index contributed by atoms with van der Waals surface area (Å²) in [5.74, 6) is -1.39. The molecular formula is C9H14N2O3. The van der Waals surface area contributed by atoms with E-state index < -0.39 is 5.97 Å². The molecule has 0 aromatic heterocycles. The van der Waals surface area contributed by atoms with Crippen molar-refractivity contribution < 1.29 is 14.7 Å². The molecule has 1 aliphatic heterocycles. The molecule has 0 aliphatic carbocycles. The molecular weight excluding hydrogens is 184 g/mol. The van der Waals surface area contributed by atoms with Gasteiger partial charge in [0.05, 0.1) is 0 Å². The molecule has 5 heteroatoms. The number of likely N-dealkylation sites (tertiary alicyclic amines) is 1. The van der Waals surface area contributed by atoms with E-state index in [0.717, 1.165) is 25.0 Å². The van der Waals surface area contributed by atoms with Crippen molar-refractivity contribution in [2.45, 2.75) is 18.9 Å². The maximum absolute atomic E-state index is 11.4. The summed E-state index contributed by atoms with van der Waals surface area (Å²) in [6, 6.07) is 0.0194. The summed E-state index contributed by atoms with van der Waals surface area (Å²) in [4.78, 5) is 23.1. The number of nitrogens with zero attached hydrogens (tertiary/aromatic N) is 1. The minimum Gasteiger partial charge on any atom is -0.478 e. The first-order valence-corrected chi connectivity index (χ1v) is 4.55. The van der Waals surface area contributed by atoms with E-state index in [4.69, 9.17) is 10.8 Å². The second kappa shape index (κ2) is 4.76. The Labute approximate surface area is 82.2 Å². The molecule has 78 valence electrons. The number of aliphatic carboxylic acids is 1. The molecule has 1 rings (SSSR count). The van der Waals surface area contributed by atoms with Crippen LogP contribution in [-0.2, 0) is 9.59 Å². The Morgan fingerprint density at radius 2 is 2.14 bits per heavy atom. The standard InChI is InChI=1S/C9H14N2O3/c10-7-2-1-5-11(6-7)8(12)3-4-9(13)14/h3-4,7H,1-2,5-6,10H2,(H,13,14)/b4-3+/t7-/m1/s1. The molecule has 3 N–H and O–H groups in total. The molecule has 14 heavy (non-hydrogen) atoms. The number of carbonyl (C=O) groups excluding carboxylic acids is 1. The van der Waals surface area contributed by atoms with Crippen molar-refractivity contribution >= 4 is 11.9 Å². The smallest absolute Gasteiger partial charge is 0.328 e. The highest BCUT2D eigenvalue weighted by atomic mass is 16.4. The van der Waals surface area contributed by atoms with Crippen LogP contribution in [0.4, 0.5) is 0 Å². The first-order chi connectivity index (χ1) is 6.59. The van der Waals surface area contributed by atoms with Gasteiger partial charge in [0.15, 0.2) is 0 Å². The topological polar surface area (TPSA) is 83.6 Å². The third-order valence-corrected chi connectivity index (χ3v) is 2.14. The lowest BCUT2D eigenvalue weighted by atomic mass is 10.1. The number of nitrogens with two attached hydrogens (primary N) is 1. The van der Waals surface area contributed by atoms with E-state index in [2.05, 4.69) is 0 Å². The van der Waals surface area contributed by atoms with Crippen LogP contribution < -0.4 is 5.73 Å². The van der Waals surface area contributed by atoms with Gasteiger partial charge in [0.2, 0.25) is 5.91 Å². The van der Waals surface area contributed by atoms with Crippen LogP contribution in [0.2, 0.25) is 0 Å². The lowest BCUT2D eigenvalue weighted by Gasteiger charge is -2.29. The minimum absolute atomic E-state index is 0.0194. The van der Waals surface area contributed by atoms with Gasteiger partial charge in [-0.1, -0.05) is 0 Å². The Balaban J connectivity index is 2.47. The number of hydrogen-bond donors (Lipinski definition) is 2. The summed E-state index contributed by atoms with van der Waals surface area (Å²) in [5.41, 5.74) is 5.68. The van der Waals surface area contributed by atoms with E-state index >= 15 is 0 Å². The highest BCUT2D eigenvalue weighted by molar-refractivity contribution is 5.93. The van der Waals surface area contributed by atoms with Crippen LogP contribution in [0.15, 0.2) is 12.2 Å². The summed E-state index contributed by atoms with van der Waals surface area (Å²) in [6.07, 6.45) is 3.73. The SMILES string of the molecule is N[C@@H]1CCCN(C(=O)/C=C/C(=O)O)C1. The Kier molecular flexibility index (Phi) is 3.64. The minimum atomic E-state index is -1.11. The zero-order valence-electron chi connectivity index (χ0n) is 7.85. The van der Waals surface area contributed by atoms with Gasteiger partial charge in [-0.15, -0.1) is 0 Å². The largest absolute Gasteiger partial charge is 0.478 e. The van der Waals surface area contributed by atoms with Gasteiger partial charge in [-0.05, 0) is 12.8 Å². The van der Waals surface area contributed by atoms with Crippen molar-refractivity contribution in [1.82, 2.24) is 4.90 Å². The first kappa shape index (κ1) is 10.7. The van der Waals surface area contributed by atoms with E-state index in [0.29, 0.717) is 13.1 Å². The number of carboxylic acids is 1. The second-order valence-corrected chi connectivity index (χ2v) is 3.36. The number of piperidine rings is 1. The third kappa shape index (κ3) is 3.18. The van der Waals surface area contributed by atoms with Crippen molar-refractivity contribution in [3.63, 3.8) is 0 Å². The predicted molar refractivity (Wildman–Crippen MR) is 50.6 cm³/mol. The normalized spacial score (nSPS) is 22.6. The number of carboxylic acid groups (broad SMARTS) is 1. The van der Waals surface area contributed by atoms with Crippen LogP contribution in [0.25, 0.3) is 0 Å². The van der Waals surface area contributed by atoms with E-state index in [1.807, 2.05) is 0 Å². The van der Waals surface area contributed by atoms with Crippen LogP contribution >= 0.6 is 0 Å². The fourth-order valence-corrected chi connectivity index (χ4v) is 1.46. The molecule has 0 radical (unpaired) electrons. The van der Waals surface area contributed by atoms with Crippen molar-refractivity contribution in [3.8, 4) is 0 Å². The average Bonchev–Trinajstić information content (AvgIpc) is 2.14. The Bertz CT molecular complexity index is 263. The zero-order valence-corrected chi connectivity index (χ0v) is 7.85. The summed E-state index contributed by atoms with van der Waals surface area (Å²) < 4.78 is 0. The van der Waals surface area contributed by atoms with Crippen molar-refractivity contribution in [3.05, 3.63) is 12.2 Å². The second-order valence-electron chi connectivity index (χ2n) is 3.36. The molecule has 1 fully saturated rings. The maximum atomic E-state index is 11.4. The van der Waals surface area contributed by atoms with Crippen molar-refractivity contribution in [1.29, 1.82) is 0 Å². The van der Waals surface area contributed by atoms with Gasteiger partial charge < -0.3 is 15.7 Å². The quantitative estimate of drug-likeness (QED) is 0.590. The van der Waals surface area contributed by atoms with Crippen LogP contribution in [-0.4, -0.2) is 41.0 Å². The van der Waals surface area contributed by atoms with Gasteiger partial charge in [-0.2, -0.15) is 0 Å². The number of rotatable bonds is 2. The van der Waals surface area contributed by atoms with E-state index in [1.54, 1.807) is 4.90 Å². The van der Waals surface area contributed by atoms with Crippen molar-refractivity contribution in [2.75, 3.05) is 13.1 Å². The Morgan fingerprint density at radius 1 is 1.43 bits per heavy atom. The Hall–Kier alpha value is -1.36. The van der Waals surface area contributed by atoms with Gasteiger partial charge in [0.1, 0.15) is 0 Å². The molecule has 0 aromatic carbocycles. The molecule has 0 spiro atoms. The molecule has 0 aromatic rings. The number of carbonyl (C=O) groups is 2. The molecule has 5 nitrogen and oxygen atoms in total. The fourth-order valence-electron chi connectivity index (χ4n) is 1.46. The molecule has 0 bridgehead atoms. The van der Waals surface area contributed by atoms with E-state index in [1.165, 1.54) is 0 Å². The van der Waals surface area contributed by atoms with Gasteiger partial charge >= 0.3 is 5.97 Å². The highest BCUT2D eigenvalue weighted by Gasteiger charge is 2.19. The number of hydrogen-bond acceptors (Lipinski definition) is 3. The molecule has 1 heterocycles. The summed E-state index contributed by atoms with van der Waals surface area (Å²) in [7, 11) is 0. The predicted octanol–water partition coefficient (Wildman–Crippen LogP) is -0.423. The van der Waals surface area contributed by atoms with Crippen LogP contribution in [0.5, 0.6) is 0 Å². The maximum Gasteiger partial charge on any atom is 0.328 e. The fraction of sp³-hybridized carbons (Fsp3) is 0.556. The van der Waals surface area contributed by atoms with Gasteiger partial charge in [-0.3, -0.25) is 4.79 Å². The molecule has 0 saturated carbocycles. The summed E-state index contributed by atoms with van der Waals surface area (Å²) in [5, 5.41) is 8.33. The monoisotopic (exact) mass is 198 g/mol. The molecule has 1 atom stereocenters. The molecule has 1 saturated heterocycles. The highest BCUT2D eigenvalue weighted by Crippen LogP contribution is 2.08. The molecule has 1 amide bonds. The molecule has 0 unspecified atom stereocenters. The first-order valence-electron chi connectivity index (χ1n) is 4.55. The Morgan fingerprint density at radius 3 is 2.71 bits per heavy atom. The van der Waals surface area contributed by atoms with Crippen LogP contribution in [0.1, 0.15) is 12.8 Å². The van der Waals surface area contributed by atoms with Gasteiger partial charge in [-0.25, -0.2) is 4.79 Å². The van der Waals surface area contributed by atoms with Gasteiger partial charge in [0, 0.05) is 31.3 Å². The lowest BCUT2D eigenvalue weighted by molar-refractivity contribution is -0.132. The van der Waals surface area contributed by atoms with E-state index in [-0.39, 0.29) is 11.9 Å². The zero-order chi connectivity index (χ0) is 10.6. The van der Waals surface area contributed by atoms with Crippen molar-refractivity contribution in [2.24, 2.45) is 5.73 Å². The average molecular weight is 198 g/mol.